The van der Waals surface area contributed by atoms with Gasteiger partial charge in [0.1, 0.15) is 0 Å². The number of rotatable bonds is 15. The lowest BCUT2D eigenvalue weighted by Crippen LogP contribution is -2.05. The van der Waals surface area contributed by atoms with Crippen molar-refractivity contribution >= 4 is 11.8 Å². The number of hydrogen-bond donors (Lipinski definition) is 0. The van der Waals surface area contributed by atoms with Crippen molar-refractivity contribution in [2.24, 2.45) is 0 Å². The maximum Gasteiger partial charge on any atom is 0.305 e. The van der Waals surface area contributed by atoms with Crippen LogP contribution in [-0.4, -0.2) is 18.4 Å². The molecular formula is C28H38O3. The molecule has 0 N–H and O–H groups in total. The fourth-order valence-electron chi connectivity index (χ4n) is 3.77. The molecule has 2 aromatic carbocycles. The Morgan fingerprint density at radius 1 is 0.677 bits per heavy atom. The fraction of sp³-hybridized carbons (Fsp3) is 0.500. The normalized spacial score (nSPS) is 10.8. The summed E-state index contributed by atoms with van der Waals surface area (Å²) in [7, 11) is 0. The standard InChI is InChI=1S/C28H38O3/c1-3-5-6-7-8-9-10-12-23-15-17-24(18-16-23)25-19-21-26(22-20-25)27(29)13-11-14-28(30)31-4-2/h15-22H,3-14H2,1-2H3. The van der Waals surface area contributed by atoms with Crippen LogP contribution in [-0.2, 0) is 16.0 Å². The highest BCUT2D eigenvalue weighted by atomic mass is 16.5. The summed E-state index contributed by atoms with van der Waals surface area (Å²) >= 11 is 0. The zero-order valence-electron chi connectivity index (χ0n) is 19.3. The quantitative estimate of drug-likeness (QED) is 0.169. The first kappa shape index (κ1) is 24.8. The second kappa shape index (κ2) is 14.6. The second-order valence-electron chi connectivity index (χ2n) is 8.23. The van der Waals surface area contributed by atoms with Crippen molar-refractivity contribution in [3.63, 3.8) is 0 Å². The first-order chi connectivity index (χ1) is 15.1. The van der Waals surface area contributed by atoms with Gasteiger partial charge in [-0.3, -0.25) is 9.59 Å². The van der Waals surface area contributed by atoms with Crippen molar-refractivity contribution in [3.05, 3.63) is 59.7 Å². The van der Waals surface area contributed by atoms with Gasteiger partial charge in [-0.2, -0.15) is 0 Å². The minimum Gasteiger partial charge on any atom is -0.466 e. The molecule has 168 valence electrons. The number of unbranched alkanes of at least 4 members (excludes halogenated alkanes) is 6. The summed E-state index contributed by atoms with van der Waals surface area (Å²) in [4.78, 5) is 23.7. The number of carbonyl (C=O) groups is 2. The highest BCUT2D eigenvalue weighted by molar-refractivity contribution is 5.96. The van der Waals surface area contributed by atoms with E-state index >= 15 is 0 Å². The van der Waals surface area contributed by atoms with Crippen LogP contribution in [0.3, 0.4) is 0 Å². The lowest BCUT2D eigenvalue weighted by molar-refractivity contribution is -0.143. The van der Waals surface area contributed by atoms with Crippen LogP contribution in [0.4, 0.5) is 0 Å². The van der Waals surface area contributed by atoms with Gasteiger partial charge < -0.3 is 4.74 Å². The van der Waals surface area contributed by atoms with Gasteiger partial charge in [-0.05, 0) is 42.9 Å². The monoisotopic (exact) mass is 422 g/mol. The first-order valence-electron chi connectivity index (χ1n) is 12.0. The minimum atomic E-state index is -0.235. The molecule has 0 aromatic heterocycles. The lowest BCUT2D eigenvalue weighted by atomic mass is 9.98. The Kier molecular flexibility index (Phi) is 11.7. The Bertz CT molecular complexity index is 775. The van der Waals surface area contributed by atoms with Gasteiger partial charge in [-0.25, -0.2) is 0 Å². The van der Waals surface area contributed by atoms with E-state index < -0.39 is 0 Å². The molecule has 0 aliphatic heterocycles. The minimum absolute atomic E-state index is 0.0703. The van der Waals surface area contributed by atoms with Crippen molar-refractivity contribution < 1.29 is 14.3 Å². The van der Waals surface area contributed by atoms with E-state index in [9.17, 15) is 9.59 Å². The SMILES string of the molecule is CCCCCCCCCc1ccc(-c2ccc(C(=O)CCCC(=O)OCC)cc2)cc1. The summed E-state index contributed by atoms with van der Waals surface area (Å²) in [5.74, 6) is -0.165. The van der Waals surface area contributed by atoms with Gasteiger partial charge in [-0.15, -0.1) is 0 Å². The molecule has 0 aliphatic carbocycles. The molecular weight excluding hydrogens is 384 g/mol. The molecule has 3 heteroatoms. The van der Waals surface area contributed by atoms with E-state index in [0.29, 0.717) is 31.4 Å². The van der Waals surface area contributed by atoms with Gasteiger partial charge in [0.2, 0.25) is 0 Å². The summed E-state index contributed by atoms with van der Waals surface area (Å²) in [6.07, 6.45) is 11.7. The van der Waals surface area contributed by atoms with E-state index in [0.717, 1.165) is 12.0 Å². The molecule has 0 fully saturated rings. The molecule has 31 heavy (non-hydrogen) atoms. The van der Waals surface area contributed by atoms with E-state index in [1.807, 2.05) is 24.3 Å². The zero-order valence-corrected chi connectivity index (χ0v) is 19.3. The van der Waals surface area contributed by atoms with Crippen LogP contribution in [0.25, 0.3) is 11.1 Å². The third-order valence-corrected chi connectivity index (χ3v) is 5.65. The molecule has 0 atom stereocenters. The summed E-state index contributed by atoms with van der Waals surface area (Å²) in [6, 6.07) is 16.6. The fourth-order valence-corrected chi connectivity index (χ4v) is 3.77. The Labute approximate surface area is 188 Å². The molecule has 0 heterocycles. The number of ketones is 1. The van der Waals surface area contributed by atoms with Gasteiger partial charge in [-0.1, -0.05) is 94.0 Å². The van der Waals surface area contributed by atoms with Crippen LogP contribution >= 0.6 is 0 Å². The van der Waals surface area contributed by atoms with Crippen molar-refractivity contribution in [2.45, 2.75) is 84.5 Å². The Morgan fingerprint density at radius 3 is 1.87 bits per heavy atom. The molecule has 2 aromatic rings. The largest absolute Gasteiger partial charge is 0.466 e. The first-order valence-corrected chi connectivity index (χ1v) is 12.0. The van der Waals surface area contributed by atoms with E-state index in [2.05, 4.69) is 31.2 Å². The van der Waals surface area contributed by atoms with Crippen molar-refractivity contribution in [1.29, 1.82) is 0 Å². The lowest BCUT2D eigenvalue weighted by Gasteiger charge is -2.07. The van der Waals surface area contributed by atoms with Gasteiger partial charge >= 0.3 is 5.97 Å². The Balaban J connectivity index is 1.76. The van der Waals surface area contributed by atoms with E-state index in [4.69, 9.17) is 4.74 Å². The van der Waals surface area contributed by atoms with Crippen LogP contribution in [0.1, 0.15) is 94.0 Å². The number of aryl methyl sites for hydroxylation is 1. The van der Waals surface area contributed by atoms with Crippen LogP contribution in [0.15, 0.2) is 48.5 Å². The molecule has 0 aliphatic rings. The number of benzene rings is 2. The zero-order chi connectivity index (χ0) is 22.3. The highest BCUT2D eigenvalue weighted by Gasteiger charge is 2.09. The molecule has 0 spiro atoms. The predicted molar refractivity (Wildman–Crippen MR) is 128 cm³/mol. The summed E-state index contributed by atoms with van der Waals surface area (Å²) in [5, 5.41) is 0. The molecule has 0 unspecified atom stereocenters. The summed E-state index contributed by atoms with van der Waals surface area (Å²) in [5.41, 5.74) is 4.38. The molecule has 0 radical (unpaired) electrons. The van der Waals surface area contributed by atoms with Crippen molar-refractivity contribution in [1.82, 2.24) is 0 Å². The number of ether oxygens (including phenoxy) is 1. The van der Waals surface area contributed by atoms with Crippen LogP contribution < -0.4 is 0 Å². The smallest absolute Gasteiger partial charge is 0.305 e. The van der Waals surface area contributed by atoms with Crippen LogP contribution in [0.2, 0.25) is 0 Å². The van der Waals surface area contributed by atoms with Gasteiger partial charge in [0.15, 0.2) is 5.78 Å². The summed E-state index contributed by atoms with van der Waals surface area (Å²) in [6.45, 7) is 4.43. The van der Waals surface area contributed by atoms with Crippen LogP contribution in [0, 0.1) is 0 Å². The van der Waals surface area contributed by atoms with Crippen molar-refractivity contribution in [3.8, 4) is 11.1 Å². The topological polar surface area (TPSA) is 43.4 Å². The molecule has 0 saturated carbocycles. The number of carbonyl (C=O) groups excluding carboxylic acids is 2. The van der Waals surface area contributed by atoms with Crippen molar-refractivity contribution in [2.75, 3.05) is 6.61 Å². The predicted octanol–water partition coefficient (Wildman–Crippen LogP) is 7.56. The number of Topliss-reactive ketones (excluding diaryl/α,β-unsaturated/α-hetero) is 1. The Hall–Kier alpha value is -2.42. The van der Waals surface area contributed by atoms with E-state index in [-0.39, 0.29) is 11.8 Å². The molecule has 0 amide bonds. The van der Waals surface area contributed by atoms with Crippen LogP contribution in [0.5, 0.6) is 0 Å². The van der Waals surface area contributed by atoms with Gasteiger partial charge in [0, 0.05) is 18.4 Å². The molecule has 3 nitrogen and oxygen atoms in total. The third kappa shape index (κ3) is 9.50. The van der Waals surface area contributed by atoms with E-state index in [1.54, 1.807) is 6.92 Å². The van der Waals surface area contributed by atoms with E-state index in [1.165, 1.54) is 56.1 Å². The number of hydrogen-bond acceptors (Lipinski definition) is 3. The van der Waals surface area contributed by atoms with Gasteiger partial charge in [0.05, 0.1) is 6.61 Å². The molecule has 2 rings (SSSR count). The summed E-state index contributed by atoms with van der Waals surface area (Å²) < 4.78 is 4.90. The van der Waals surface area contributed by atoms with Gasteiger partial charge in [0.25, 0.3) is 0 Å². The third-order valence-electron chi connectivity index (χ3n) is 5.65. The maximum absolute atomic E-state index is 12.3. The molecule has 0 saturated heterocycles. The highest BCUT2D eigenvalue weighted by Crippen LogP contribution is 2.22. The second-order valence-corrected chi connectivity index (χ2v) is 8.23. The molecule has 0 bridgehead atoms. The average molecular weight is 423 g/mol. The number of esters is 1. The average Bonchev–Trinajstić information content (AvgIpc) is 2.79. The Morgan fingerprint density at radius 2 is 1.26 bits per heavy atom. The maximum atomic E-state index is 12.3.